The van der Waals surface area contributed by atoms with Crippen molar-refractivity contribution < 1.29 is 57.8 Å². The Morgan fingerprint density at radius 1 is 0.659 bits per heavy atom. The van der Waals surface area contributed by atoms with E-state index in [1.165, 1.54) is 36.4 Å². The number of halogens is 2. The fourth-order valence-electron chi connectivity index (χ4n) is 9.99. The number of nitrogens with two attached hydrogens (primary N) is 1. The van der Waals surface area contributed by atoms with E-state index in [1.54, 1.807) is 12.1 Å². The zero-order valence-corrected chi connectivity index (χ0v) is 52.0. The second kappa shape index (κ2) is 28.2. The number of carbonyl (C=O) groups is 3. The topological polar surface area (TPSA) is 292 Å². The summed E-state index contributed by atoms with van der Waals surface area (Å²) in [6.45, 7) is 16.2. The molecule has 0 bridgehead atoms. The number of benzene rings is 4. The molecule has 0 aliphatic heterocycles. The molecule has 7 N–H and O–H groups in total. The number of hydrogen-bond acceptors (Lipinski definition) is 15. The number of nitrogens with zero attached hydrogens (tertiary/aromatic N) is 4. The SMILES string of the molecule is Cc1cccc(C)c1-c1cc(OC[C@H](N)CC(C)C)nc(NS(=O)(=O)c2cccc(C(=O)O)c2)n1.Cl.Cl.[2H]C1(N[C@@H](COc2cc(-c3c(C)cccc3C)nc(NS(=O)(=O)c3cccc(C(=O)O)c3)n2)CC(C)C)CC2(CC2)C1([2H])[2H].[2H]C1([2H])C(=O)CC12CC2. The maximum absolute atomic E-state index is 13.3. The van der Waals surface area contributed by atoms with E-state index in [4.69, 9.17) is 22.1 Å². The van der Waals surface area contributed by atoms with E-state index in [9.17, 15) is 41.4 Å². The number of aromatic nitrogens is 4. The number of carbonyl (C=O) groups excluding carboxylic acids is 1. The first-order valence-corrected chi connectivity index (χ1v) is 30.5. The van der Waals surface area contributed by atoms with Crippen molar-refractivity contribution in [2.45, 2.75) is 147 Å². The zero-order chi connectivity index (χ0) is 64.5. The van der Waals surface area contributed by atoms with Crippen LogP contribution in [-0.4, -0.2) is 96.0 Å². The molecular formula is C62H78Cl2N8O11S2. The molecule has 23 heteroatoms. The lowest BCUT2D eigenvalue weighted by Gasteiger charge is -2.39. The number of ether oxygens (including phenoxy) is 2. The molecule has 2 heterocycles. The second-order valence-corrected chi connectivity index (χ2v) is 26.2. The van der Waals surface area contributed by atoms with Gasteiger partial charge in [0, 0.05) is 61.0 Å². The van der Waals surface area contributed by atoms with Crippen molar-refractivity contribution in [2.75, 3.05) is 22.7 Å². The summed E-state index contributed by atoms with van der Waals surface area (Å²) in [5, 5.41) is 21.8. The van der Waals surface area contributed by atoms with Crippen molar-refractivity contribution in [3.8, 4) is 34.3 Å². The van der Waals surface area contributed by atoms with E-state index < -0.39 is 56.2 Å². The van der Waals surface area contributed by atoms with Gasteiger partial charge in [-0.3, -0.25) is 4.79 Å². The number of sulfonamides is 2. The highest BCUT2D eigenvalue weighted by molar-refractivity contribution is 7.93. The summed E-state index contributed by atoms with van der Waals surface area (Å²) in [5.74, 6) is -2.23. The van der Waals surface area contributed by atoms with E-state index >= 15 is 0 Å². The van der Waals surface area contributed by atoms with Gasteiger partial charge in [0.1, 0.15) is 19.0 Å². The lowest BCUT2D eigenvalue weighted by Crippen LogP contribution is -2.49. The van der Waals surface area contributed by atoms with Crippen LogP contribution in [0.3, 0.4) is 0 Å². The van der Waals surface area contributed by atoms with E-state index in [2.05, 4.69) is 48.5 Å². The monoisotopic (exact) mass is 1250 g/mol. The maximum Gasteiger partial charge on any atom is 0.335 e. The minimum atomic E-state index is -4.26. The Balaban J connectivity index is 0.000000250. The first-order valence-electron chi connectivity index (χ1n) is 30.1. The van der Waals surface area contributed by atoms with Crippen molar-refractivity contribution >= 4 is 74.5 Å². The quantitative estimate of drug-likeness (QED) is 0.0368. The number of ketones is 1. The third-order valence-corrected chi connectivity index (χ3v) is 17.1. The Kier molecular flexibility index (Phi) is 19.9. The van der Waals surface area contributed by atoms with Crippen LogP contribution in [-0.2, 0) is 24.8 Å². The average molecular weight is 1250 g/mol. The van der Waals surface area contributed by atoms with Crippen molar-refractivity contribution in [2.24, 2.45) is 28.4 Å². The maximum atomic E-state index is 13.3. The first kappa shape index (κ1) is 60.0. The number of hydrogen-bond donors (Lipinski definition) is 6. The average Bonchev–Trinajstić information content (AvgIpc) is 1.50. The van der Waals surface area contributed by atoms with Crippen molar-refractivity contribution in [3.05, 3.63) is 130 Å². The summed E-state index contributed by atoms with van der Waals surface area (Å²) in [6, 6.07) is 22.8. The molecule has 1 unspecified atom stereocenters. The smallest absolute Gasteiger partial charge is 0.335 e. The highest BCUT2D eigenvalue weighted by Gasteiger charge is 2.53. The third kappa shape index (κ3) is 18.1. The fraction of sp³-hybridized carbons (Fsp3) is 0.435. The summed E-state index contributed by atoms with van der Waals surface area (Å²) >= 11 is 0. The van der Waals surface area contributed by atoms with Crippen LogP contribution < -0.4 is 30.0 Å². The van der Waals surface area contributed by atoms with Crippen LogP contribution in [0, 0.1) is 50.4 Å². The molecule has 458 valence electrons. The number of rotatable bonds is 22. The van der Waals surface area contributed by atoms with Gasteiger partial charge >= 0.3 is 11.9 Å². The normalized spacial score (nSPS) is 19.5. The lowest BCUT2D eigenvalue weighted by molar-refractivity contribution is -0.127. The lowest BCUT2D eigenvalue weighted by atomic mass is 9.76. The number of carboxylic acids is 2. The highest BCUT2D eigenvalue weighted by atomic mass is 35.5. The molecule has 85 heavy (non-hydrogen) atoms. The van der Waals surface area contributed by atoms with Crippen molar-refractivity contribution in [1.29, 1.82) is 0 Å². The minimum absolute atomic E-state index is 0. The molecule has 4 aliphatic rings. The Morgan fingerprint density at radius 3 is 1.45 bits per heavy atom. The summed E-state index contributed by atoms with van der Waals surface area (Å²) in [5.41, 5.74) is 11.5. The van der Waals surface area contributed by atoms with Crippen LogP contribution in [0.25, 0.3) is 22.5 Å². The summed E-state index contributed by atoms with van der Waals surface area (Å²) in [4.78, 5) is 50.4. The molecule has 2 aromatic heterocycles. The van der Waals surface area contributed by atoms with Gasteiger partial charge < -0.3 is 30.7 Å². The molecule has 2 spiro atoms. The summed E-state index contributed by atoms with van der Waals surface area (Å²) in [6.07, 6.45) is 2.67. The van der Waals surface area contributed by atoms with Gasteiger partial charge in [-0.2, -0.15) is 9.97 Å². The van der Waals surface area contributed by atoms with Gasteiger partial charge in [-0.1, -0.05) is 76.2 Å². The predicted octanol–water partition coefficient (Wildman–Crippen LogP) is 11.6. The third-order valence-electron chi connectivity index (χ3n) is 14.4. The number of carboxylic acid groups (broad SMARTS) is 2. The van der Waals surface area contributed by atoms with Crippen LogP contribution in [0.2, 0.25) is 0 Å². The molecule has 0 radical (unpaired) electrons. The Bertz CT molecular complexity index is 3840. The summed E-state index contributed by atoms with van der Waals surface area (Å²) in [7, 11) is -8.43. The Labute approximate surface area is 518 Å². The number of nitrogens with one attached hydrogen (secondary N) is 3. The van der Waals surface area contributed by atoms with Gasteiger partial charge in [0.25, 0.3) is 20.0 Å². The number of Topliss-reactive ketones (excluding diaryl/α,β-unsaturated/α-hetero) is 1. The van der Waals surface area contributed by atoms with Gasteiger partial charge in [-0.15, -0.1) is 24.8 Å². The van der Waals surface area contributed by atoms with Crippen LogP contribution in [0.5, 0.6) is 11.8 Å². The fourth-order valence-corrected chi connectivity index (χ4v) is 12.0. The molecule has 3 atom stereocenters. The zero-order valence-electron chi connectivity index (χ0n) is 53.7. The molecule has 19 nitrogen and oxygen atoms in total. The number of aryl methyl sites for hydroxylation is 4. The van der Waals surface area contributed by atoms with E-state index in [0.29, 0.717) is 36.6 Å². The van der Waals surface area contributed by atoms with E-state index in [1.807, 2.05) is 77.9 Å². The molecule has 10 rings (SSSR count). The van der Waals surface area contributed by atoms with Gasteiger partial charge in [-0.05, 0) is 160 Å². The van der Waals surface area contributed by atoms with Gasteiger partial charge in [0.05, 0.1) is 32.3 Å². The van der Waals surface area contributed by atoms with Crippen LogP contribution in [0.1, 0.15) is 142 Å². The Hall–Kier alpha value is -6.75. The molecule has 4 aromatic carbocycles. The Morgan fingerprint density at radius 2 is 1.08 bits per heavy atom. The van der Waals surface area contributed by atoms with Crippen LogP contribution in [0.4, 0.5) is 11.9 Å². The molecule has 4 saturated carbocycles. The first-order chi connectivity index (χ1) is 41.1. The molecule has 4 aliphatic carbocycles. The largest absolute Gasteiger partial charge is 0.478 e. The van der Waals surface area contributed by atoms with Gasteiger partial charge in [0.2, 0.25) is 23.7 Å². The molecule has 0 amide bonds. The molecular weight excluding hydrogens is 1170 g/mol. The van der Waals surface area contributed by atoms with Crippen LogP contribution >= 0.6 is 24.8 Å². The van der Waals surface area contributed by atoms with Gasteiger partial charge in [-0.25, -0.2) is 45.8 Å². The van der Waals surface area contributed by atoms with Crippen molar-refractivity contribution in [1.82, 2.24) is 25.3 Å². The summed E-state index contributed by atoms with van der Waals surface area (Å²) < 4.78 is 110. The number of anilines is 2. The van der Waals surface area contributed by atoms with E-state index in [-0.39, 0.29) is 112 Å². The highest BCUT2D eigenvalue weighted by Crippen LogP contribution is 2.61. The molecule has 6 aromatic rings. The minimum Gasteiger partial charge on any atom is -0.478 e. The second-order valence-electron chi connectivity index (χ2n) is 22.8. The van der Waals surface area contributed by atoms with Gasteiger partial charge in [0.15, 0.2) is 0 Å². The molecule has 4 fully saturated rings. The number of aromatic carboxylic acids is 2. The standard InChI is InChI=1S/C31H38N4O5S.C25H30N4O5S.C6H8O.2ClH/c1-19(2)13-23(32-24-16-31(17-24)11-12-31)18-40-27-15-26(28-20(3)7-5-8-21(28)4)33-30(34-27)35-41(38,39)25-10-6-9-22(14-25)29(36)37;1-15(2)11-19(26)14-34-22-13-21(23-16(3)7-5-8-17(23)4)27-25(28-22)29-35(32,33)20-10-6-9-18(12-20)24(30)31;7-5-3-6(4-5)1-2-6;;/h5-10,14-15,19,23-24,32H,11-13,16-18H2,1-4H3,(H,36,37)(H,33,34,35);5-10,12-13,15,19H,11,14,26H2,1-4H3,(H,30,31)(H,27,28,29);1-4H2;2*1H/t23-;19-;;;/m11.../s1/i16D2,24D;;3D2;;/t23-,24?;m;;;. The van der Waals surface area contributed by atoms with E-state index in [0.717, 1.165) is 77.6 Å². The molecule has 0 saturated heterocycles. The van der Waals surface area contributed by atoms with Crippen LogP contribution in [0.15, 0.2) is 107 Å². The predicted molar refractivity (Wildman–Crippen MR) is 332 cm³/mol. The van der Waals surface area contributed by atoms with Crippen molar-refractivity contribution in [3.63, 3.8) is 0 Å².